The van der Waals surface area contributed by atoms with E-state index < -0.39 is 42.2 Å². The summed E-state index contributed by atoms with van der Waals surface area (Å²) in [4.78, 5) is 77.8. The molecule has 258 valence electrons. The van der Waals surface area contributed by atoms with Crippen molar-refractivity contribution in [3.63, 3.8) is 0 Å². The van der Waals surface area contributed by atoms with Crippen LogP contribution in [0.15, 0.2) is 24.3 Å². The average Bonchev–Trinajstić information content (AvgIpc) is 3.79. The predicted octanol–water partition coefficient (Wildman–Crippen LogP) is 4.51. The molecule has 1 unspecified atom stereocenters. The molecule has 0 bridgehead atoms. The van der Waals surface area contributed by atoms with Gasteiger partial charge in [0, 0.05) is 48.8 Å². The van der Waals surface area contributed by atoms with Crippen molar-refractivity contribution in [3.05, 3.63) is 34.7 Å². The summed E-state index contributed by atoms with van der Waals surface area (Å²) in [5.41, 5.74) is -6.01. The zero-order valence-electron chi connectivity index (χ0n) is 27.1. The van der Waals surface area contributed by atoms with Crippen LogP contribution in [0, 0.1) is 11.3 Å². The van der Waals surface area contributed by atoms with Crippen molar-refractivity contribution in [2.24, 2.45) is 11.3 Å². The Hall–Kier alpha value is -2.93. The van der Waals surface area contributed by atoms with Crippen molar-refractivity contribution in [3.8, 4) is 0 Å². The molecule has 4 atom stereocenters. The van der Waals surface area contributed by atoms with Gasteiger partial charge in [-0.2, -0.15) is 8.78 Å². The van der Waals surface area contributed by atoms with Gasteiger partial charge in [-0.15, -0.1) is 11.3 Å². The van der Waals surface area contributed by atoms with E-state index in [1.165, 1.54) is 12.1 Å². The highest BCUT2D eigenvalue weighted by Gasteiger charge is 2.51. The molecule has 1 aromatic carbocycles. The highest BCUT2D eigenvalue weighted by molar-refractivity contribution is 7.52. The number of nitrogens with one attached hydrogen (secondary N) is 1. The van der Waals surface area contributed by atoms with Gasteiger partial charge in [-0.3, -0.25) is 23.7 Å². The molecule has 47 heavy (non-hydrogen) atoms. The molecule has 3 N–H and O–H groups in total. The van der Waals surface area contributed by atoms with Crippen LogP contribution in [0.2, 0.25) is 0 Å². The van der Waals surface area contributed by atoms with Gasteiger partial charge in [0.05, 0.1) is 10.9 Å². The highest BCUT2D eigenvalue weighted by Crippen LogP contribution is 2.59. The van der Waals surface area contributed by atoms with Crippen molar-refractivity contribution in [1.82, 2.24) is 20.0 Å². The second kappa shape index (κ2) is 13.2. The monoisotopic (exact) mass is 696 g/mol. The van der Waals surface area contributed by atoms with E-state index >= 15 is 0 Å². The summed E-state index contributed by atoms with van der Waals surface area (Å²) < 4.78 is 40.4. The molecule has 0 spiro atoms. The average molecular weight is 697 g/mol. The van der Waals surface area contributed by atoms with Gasteiger partial charge in [-0.05, 0) is 54.7 Å². The lowest BCUT2D eigenvalue weighted by Gasteiger charge is -2.36. The Labute approximate surface area is 276 Å². The molecule has 0 radical (unpaired) electrons. The molecule has 4 amide bonds. The summed E-state index contributed by atoms with van der Waals surface area (Å²) in [6.45, 7) is 9.52. The number of rotatable bonds is 9. The maximum absolute atomic E-state index is 14.3. The Morgan fingerprint density at radius 3 is 2.45 bits per heavy atom. The normalized spacial score (nSPS) is 22.6. The number of halogens is 2. The van der Waals surface area contributed by atoms with E-state index in [0.29, 0.717) is 50.1 Å². The van der Waals surface area contributed by atoms with E-state index in [0.717, 1.165) is 42.7 Å². The van der Waals surface area contributed by atoms with Crippen LogP contribution in [0.3, 0.4) is 0 Å². The molecule has 5 rings (SSSR count). The van der Waals surface area contributed by atoms with Gasteiger partial charge >= 0.3 is 13.3 Å². The molecular weight excluding hydrogens is 653 g/mol. The molecule has 1 aromatic heterocycles. The van der Waals surface area contributed by atoms with Crippen LogP contribution in [0.25, 0.3) is 10.1 Å². The summed E-state index contributed by atoms with van der Waals surface area (Å²) in [6.07, 6.45) is 4.26. The zero-order valence-corrected chi connectivity index (χ0v) is 28.8. The molecule has 15 heteroatoms. The first-order valence-corrected chi connectivity index (χ1v) is 18.5. The largest absolute Gasteiger partial charge is 0.399 e. The minimum Gasteiger partial charge on any atom is -0.339 e. The lowest BCUT2D eigenvalue weighted by atomic mass is 9.85. The maximum Gasteiger partial charge on any atom is 0.399 e. The Kier molecular flexibility index (Phi) is 9.92. The van der Waals surface area contributed by atoms with E-state index in [9.17, 15) is 32.5 Å². The Balaban J connectivity index is 1.29. The fourth-order valence-corrected chi connectivity index (χ4v) is 8.37. The number of benzene rings is 1. The van der Waals surface area contributed by atoms with E-state index in [4.69, 9.17) is 9.79 Å². The molecule has 2 aromatic rings. The predicted molar refractivity (Wildman–Crippen MR) is 173 cm³/mol. The molecular formula is C32H43F2N4O7PS. The summed E-state index contributed by atoms with van der Waals surface area (Å²) in [5, 5.41) is 3.02. The number of thiophene rings is 1. The number of hydrogen-bond donors (Lipinski definition) is 3. The summed E-state index contributed by atoms with van der Waals surface area (Å²) in [5.74, 6) is -0.782. The number of hydrogen-bond acceptors (Lipinski definition) is 6. The van der Waals surface area contributed by atoms with Gasteiger partial charge in [0.1, 0.15) is 12.1 Å². The fourth-order valence-electron chi connectivity index (χ4n) is 6.95. The van der Waals surface area contributed by atoms with Crippen LogP contribution in [0.1, 0.15) is 81.5 Å². The van der Waals surface area contributed by atoms with Gasteiger partial charge in [-0.1, -0.05) is 40.2 Å². The van der Waals surface area contributed by atoms with Gasteiger partial charge in [0.15, 0.2) is 0 Å². The van der Waals surface area contributed by atoms with Crippen LogP contribution in [-0.2, 0) is 24.6 Å². The Morgan fingerprint density at radius 2 is 1.79 bits per heavy atom. The summed E-state index contributed by atoms with van der Waals surface area (Å²) in [7, 11) is -5.77. The molecule has 3 aliphatic rings. The second-order valence-corrected chi connectivity index (χ2v) is 16.7. The number of amides is 4. The number of alkyl halides is 2. The highest BCUT2D eigenvalue weighted by atomic mass is 32.1. The quantitative estimate of drug-likeness (QED) is 0.327. The first kappa shape index (κ1) is 35.4. The van der Waals surface area contributed by atoms with E-state index in [1.54, 1.807) is 30.6 Å². The second-order valence-electron chi connectivity index (χ2n) is 14.0. The smallest absolute Gasteiger partial charge is 0.339 e. The van der Waals surface area contributed by atoms with Crippen molar-refractivity contribution < 1.29 is 42.3 Å². The third-order valence-corrected chi connectivity index (χ3v) is 11.7. The number of nitrogens with zero attached hydrogens (tertiary/aromatic N) is 3. The molecule has 3 saturated heterocycles. The maximum atomic E-state index is 14.3. The first-order valence-electron chi connectivity index (χ1n) is 16.1. The molecule has 3 fully saturated rings. The van der Waals surface area contributed by atoms with Crippen LogP contribution in [0.4, 0.5) is 8.78 Å². The number of fused-ring (bicyclic) bond motifs is 2. The van der Waals surface area contributed by atoms with Gasteiger partial charge in [-0.25, -0.2) is 0 Å². The summed E-state index contributed by atoms with van der Waals surface area (Å²) in [6, 6.07) is 2.80. The molecule has 3 aliphatic heterocycles. The van der Waals surface area contributed by atoms with Gasteiger partial charge in [0.2, 0.25) is 17.7 Å². The minimum absolute atomic E-state index is 0.00382. The first-order chi connectivity index (χ1) is 21.9. The topological polar surface area (TPSA) is 148 Å². The third-order valence-electron chi connectivity index (χ3n) is 9.59. The molecule has 0 saturated carbocycles. The van der Waals surface area contributed by atoms with E-state index in [2.05, 4.69) is 5.32 Å². The van der Waals surface area contributed by atoms with Crippen molar-refractivity contribution in [2.45, 2.75) is 90.0 Å². The SMILES string of the molecule is CCCCC(=O)N1CC[C@@H]2CN(C(=O)[C@@H]3CCCN3C(=O)C(NC(=O)c3cc4cc(C(F)(F)P(=O)(O)O)ccc4s3)C(C)(C)C)C[C@@H]21. The molecule has 4 heterocycles. The number of carbonyl (C=O) groups excluding carboxylic acids is 4. The van der Waals surface area contributed by atoms with E-state index in [-0.39, 0.29) is 39.9 Å². The van der Waals surface area contributed by atoms with Crippen LogP contribution in [0.5, 0.6) is 0 Å². The van der Waals surface area contributed by atoms with Crippen molar-refractivity contribution in [2.75, 3.05) is 26.2 Å². The summed E-state index contributed by atoms with van der Waals surface area (Å²) >= 11 is 1.00. The van der Waals surface area contributed by atoms with Crippen molar-refractivity contribution >= 4 is 52.6 Å². The standard InChI is InChI=1S/C32H43F2N4O7PS/c1-5-6-9-26(39)37-14-12-19-17-36(18-23(19)37)29(41)22-8-7-13-38(22)30(42)27(31(2,3)4)35-28(40)25-16-20-15-21(10-11-24(20)47-25)32(33,34)46(43,44)45/h10-11,15-16,19,22-23,27H,5-9,12-14,17-18H2,1-4H3,(H,35,40)(H2,43,44,45)/t19-,22+,23+,27?/m1/s1. The lowest BCUT2D eigenvalue weighted by molar-refractivity contribution is -0.146. The third kappa shape index (κ3) is 6.97. The minimum atomic E-state index is -5.77. The van der Waals surface area contributed by atoms with Gasteiger partial charge < -0.3 is 29.8 Å². The van der Waals surface area contributed by atoms with Crippen LogP contribution in [-0.4, -0.2) is 92.4 Å². The van der Waals surface area contributed by atoms with Crippen molar-refractivity contribution in [1.29, 1.82) is 0 Å². The number of unbranched alkanes of at least 4 members (excludes halogenated alkanes) is 1. The van der Waals surface area contributed by atoms with Crippen LogP contribution < -0.4 is 5.32 Å². The molecule has 0 aliphatic carbocycles. The Bertz CT molecular complexity index is 1610. The zero-order chi connectivity index (χ0) is 34.5. The fraction of sp³-hybridized carbons (Fsp3) is 0.625. The Morgan fingerprint density at radius 1 is 1.06 bits per heavy atom. The van der Waals surface area contributed by atoms with Crippen LogP contribution >= 0.6 is 18.9 Å². The van der Waals surface area contributed by atoms with E-state index in [1.807, 2.05) is 11.8 Å². The molecule has 11 nitrogen and oxygen atoms in total. The lowest BCUT2D eigenvalue weighted by Crippen LogP contribution is -2.58. The van der Waals surface area contributed by atoms with Gasteiger partial charge in [0.25, 0.3) is 5.91 Å². The number of carbonyl (C=O) groups is 4. The number of likely N-dealkylation sites (tertiary alicyclic amines) is 3.